The number of carbonyl (C=O) groups is 1. The number of aromatic amines is 1. The van der Waals surface area contributed by atoms with Crippen LogP contribution < -0.4 is 10.6 Å². The Morgan fingerprint density at radius 3 is 3.10 bits per heavy atom. The highest BCUT2D eigenvalue weighted by Crippen LogP contribution is 2.18. The van der Waals surface area contributed by atoms with Gasteiger partial charge in [0.15, 0.2) is 0 Å². The molecule has 0 radical (unpaired) electrons. The van der Waals surface area contributed by atoms with E-state index in [1.165, 1.54) is 12.8 Å². The maximum atomic E-state index is 12.1. The Balaban J connectivity index is 1.55. The number of rotatable bonds is 4. The van der Waals surface area contributed by atoms with Crippen LogP contribution in [0.15, 0.2) is 30.5 Å². The largest absolute Gasteiger partial charge is 0.361 e. The first-order valence-electron chi connectivity index (χ1n) is 7.35. The van der Waals surface area contributed by atoms with Crippen LogP contribution in [0, 0.1) is 5.92 Å². The molecule has 106 valence electrons. The third-order valence-electron chi connectivity index (χ3n) is 4.01. The fourth-order valence-corrected chi connectivity index (χ4v) is 2.87. The molecule has 1 saturated heterocycles. The predicted octanol–water partition coefficient (Wildman–Crippen LogP) is 1.83. The van der Waals surface area contributed by atoms with E-state index in [0.717, 1.165) is 36.1 Å². The van der Waals surface area contributed by atoms with Gasteiger partial charge in [-0.05, 0) is 43.5 Å². The third kappa shape index (κ3) is 3.02. The standard InChI is InChI=1S/C16H21N3O/c20-16(19-10-12-4-3-7-17-9-12)8-13-11-18-15-6-2-1-5-14(13)15/h1-2,5-6,11-12,17-18H,3-4,7-10H2,(H,19,20). The Bertz CT molecular complexity index is 584. The number of H-pyrrole nitrogens is 1. The second-order valence-corrected chi connectivity index (χ2v) is 5.55. The molecule has 0 spiro atoms. The topological polar surface area (TPSA) is 56.9 Å². The van der Waals surface area contributed by atoms with Gasteiger partial charge in [-0.1, -0.05) is 18.2 Å². The van der Waals surface area contributed by atoms with Gasteiger partial charge >= 0.3 is 0 Å². The van der Waals surface area contributed by atoms with Crippen LogP contribution in [0.4, 0.5) is 0 Å². The Kier molecular flexibility index (Phi) is 4.02. The van der Waals surface area contributed by atoms with Gasteiger partial charge in [0.2, 0.25) is 5.91 Å². The highest BCUT2D eigenvalue weighted by atomic mass is 16.1. The third-order valence-corrected chi connectivity index (χ3v) is 4.01. The summed E-state index contributed by atoms with van der Waals surface area (Å²) >= 11 is 0. The minimum absolute atomic E-state index is 0.111. The first kappa shape index (κ1) is 13.2. The van der Waals surface area contributed by atoms with Gasteiger partial charge in [0.05, 0.1) is 6.42 Å². The summed E-state index contributed by atoms with van der Waals surface area (Å²) in [6, 6.07) is 8.09. The van der Waals surface area contributed by atoms with Crippen LogP contribution in [0.25, 0.3) is 10.9 Å². The number of benzene rings is 1. The molecule has 20 heavy (non-hydrogen) atoms. The molecule has 2 aromatic rings. The predicted molar refractivity (Wildman–Crippen MR) is 80.6 cm³/mol. The van der Waals surface area contributed by atoms with Gasteiger partial charge in [0, 0.05) is 23.6 Å². The second kappa shape index (κ2) is 6.09. The van der Waals surface area contributed by atoms with Crippen LogP contribution in [0.3, 0.4) is 0 Å². The van der Waals surface area contributed by atoms with Crippen LogP contribution in [0.1, 0.15) is 18.4 Å². The minimum Gasteiger partial charge on any atom is -0.361 e. The van der Waals surface area contributed by atoms with Crippen molar-refractivity contribution in [3.05, 3.63) is 36.0 Å². The van der Waals surface area contributed by atoms with Crippen LogP contribution in [-0.4, -0.2) is 30.5 Å². The number of para-hydroxylation sites is 1. The zero-order chi connectivity index (χ0) is 13.8. The van der Waals surface area contributed by atoms with Crippen molar-refractivity contribution in [3.63, 3.8) is 0 Å². The average molecular weight is 271 g/mol. The number of hydrogen-bond acceptors (Lipinski definition) is 2. The molecule has 1 atom stereocenters. The summed E-state index contributed by atoms with van der Waals surface area (Å²) in [4.78, 5) is 15.3. The summed E-state index contributed by atoms with van der Waals surface area (Å²) in [5.74, 6) is 0.691. The number of amides is 1. The molecule has 3 N–H and O–H groups in total. The van der Waals surface area contributed by atoms with Gasteiger partial charge in [-0.3, -0.25) is 4.79 Å². The molecule has 1 unspecified atom stereocenters. The SMILES string of the molecule is O=C(Cc1c[nH]c2ccccc12)NCC1CCCNC1. The number of piperidine rings is 1. The molecule has 0 aliphatic carbocycles. The van der Waals surface area contributed by atoms with Gasteiger partial charge < -0.3 is 15.6 Å². The van der Waals surface area contributed by atoms with Crippen molar-refractivity contribution in [2.24, 2.45) is 5.92 Å². The van der Waals surface area contributed by atoms with E-state index in [4.69, 9.17) is 0 Å². The average Bonchev–Trinajstić information content (AvgIpc) is 2.90. The molecule has 4 heteroatoms. The van der Waals surface area contributed by atoms with E-state index in [1.807, 2.05) is 24.4 Å². The van der Waals surface area contributed by atoms with Gasteiger partial charge in [-0.2, -0.15) is 0 Å². The first-order chi connectivity index (χ1) is 9.83. The second-order valence-electron chi connectivity index (χ2n) is 5.55. The van der Waals surface area contributed by atoms with Crippen LogP contribution in [0.5, 0.6) is 0 Å². The Labute approximate surface area is 118 Å². The van der Waals surface area contributed by atoms with Gasteiger partial charge in [0.1, 0.15) is 0 Å². The monoisotopic (exact) mass is 271 g/mol. The molecule has 1 aromatic heterocycles. The maximum Gasteiger partial charge on any atom is 0.224 e. The number of hydrogen-bond donors (Lipinski definition) is 3. The zero-order valence-electron chi connectivity index (χ0n) is 11.6. The molecule has 1 amide bonds. The Morgan fingerprint density at radius 2 is 2.25 bits per heavy atom. The minimum atomic E-state index is 0.111. The molecule has 1 aromatic carbocycles. The lowest BCUT2D eigenvalue weighted by Crippen LogP contribution is -2.38. The van der Waals surface area contributed by atoms with Gasteiger partial charge in [-0.15, -0.1) is 0 Å². The number of fused-ring (bicyclic) bond motifs is 1. The number of nitrogens with one attached hydrogen (secondary N) is 3. The molecule has 1 aliphatic heterocycles. The van der Waals surface area contributed by atoms with Crippen molar-refractivity contribution in [1.82, 2.24) is 15.6 Å². The first-order valence-corrected chi connectivity index (χ1v) is 7.35. The van der Waals surface area contributed by atoms with E-state index in [-0.39, 0.29) is 5.91 Å². The summed E-state index contributed by atoms with van der Waals surface area (Å²) in [5.41, 5.74) is 2.16. The summed E-state index contributed by atoms with van der Waals surface area (Å²) in [6.07, 6.45) is 4.81. The maximum absolute atomic E-state index is 12.1. The molecule has 0 saturated carbocycles. The van der Waals surface area contributed by atoms with E-state index >= 15 is 0 Å². The van der Waals surface area contributed by atoms with Crippen molar-refractivity contribution >= 4 is 16.8 Å². The number of aromatic nitrogens is 1. The van der Waals surface area contributed by atoms with Gasteiger partial charge in [0.25, 0.3) is 0 Å². The van der Waals surface area contributed by atoms with E-state index in [0.29, 0.717) is 12.3 Å². The summed E-state index contributed by atoms with van der Waals surface area (Å²) in [5, 5.41) is 7.58. The molecule has 3 rings (SSSR count). The Morgan fingerprint density at radius 1 is 1.35 bits per heavy atom. The molecule has 1 aliphatic rings. The lowest BCUT2D eigenvalue weighted by molar-refractivity contribution is -0.120. The summed E-state index contributed by atoms with van der Waals surface area (Å²) in [6.45, 7) is 2.92. The van der Waals surface area contributed by atoms with Gasteiger partial charge in [-0.25, -0.2) is 0 Å². The molecular formula is C16H21N3O. The van der Waals surface area contributed by atoms with Crippen molar-refractivity contribution < 1.29 is 4.79 Å². The van der Waals surface area contributed by atoms with Crippen molar-refractivity contribution in [2.45, 2.75) is 19.3 Å². The van der Waals surface area contributed by atoms with E-state index < -0.39 is 0 Å². The molecule has 2 heterocycles. The lowest BCUT2D eigenvalue weighted by Gasteiger charge is -2.22. The number of carbonyl (C=O) groups excluding carboxylic acids is 1. The molecule has 0 bridgehead atoms. The van der Waals surface area contributed by atoms with Crippen molar-refractivity contribution in [2.75, 3.05) is 19.6 Å². The van der Waals surface area contributed by atoms with E-state index in [2.05, 4.69) is 21.7 Å². The Hall–Kier alpha value is -1.81. The fraction of sp³-hybridized carbons (Fsp3) is 0.438. The zero-order valence-corrected chi connectivity index (χ0v) is 11.6. The molecular weight excluding hydrogens is 250 g/mol. The highest BCUT2D eigenvalue weighted by Gasteiger charge is 2.14. The molecule has 4 nitrogen and oxygen atoms in total. The van der Waals surface area contributed by atoms with Crippen molar-refractivity contribution in [1.29, 1.82) is 0 Å². The lowest BCUT2D eigenvalue weighted by atomic mass is 9.99. The van der Waals surface area contributed by atoms with E-state index in [1.54, 1.807) is 0 Å². The van der Waals surface area contributed by atoms with Crippen molar-refractivity contribution in [3.8, 4) is 0 Å². The normalized spacial score (nSPS) is 19.1. The quantitative estimate of drug-likeness (QED) is 0.794. The van der Waals surface area contributed by atoms with Crippen LogP contribution in [-0.2, 0) is 11.2 Å². The van der Waals surface area contributed by atoms with Crippen LogP contribution in [0.2, 0.25) is 0 Å². The fourth-order valence-electron chi connectivity index (χ4n) is 2.87. The highest BCUT2D eigenvalue weighted by molar-refractivity contribution is 5.88. The van der Waals surface area contributed by atoms with E-state index in [9.17, 15) is 4.79 Å². The summed E-state index contributed by atoms with van der Waals surface area (Å²) in [7, 11) is 0. The molecule has 1 fully saturated rings. The van der Waals surface area contributed by atoms with Crippen LogP contribution >= 0.6 is 0 Å². The smallest absolute Gasteiger partial charge is 0.224 e. The summed E-state index contributed by atoms with van der Waals surface area (Å²) < 4.78 is 0.